The molecule has 1 N–H and O–H groups in total. The van der Waals surface area contributed by atoms with Gasteiger partial charge in [-0.05, 0) is 0 Å². The van der Waals surface area contributed by atoms with Crippen molar-refractivity contribution >= 4 is 44.8 Å². The molecule has 0 aliphatic rings. The average molecular weight is 748 g/mol. The Morgan fingerprint density at radius 1 is 0.568 bits per heavy atom. The van der Waals surface area contributed by atoms with Gasteiger partial charge in [0.2, 0.25) is 0 Å². The molecule has 0 aliphatic carbocycles. The first-order valence-electron chi connectivity index (χ1n) is 16.7. The van der Waals surface area contributed by atoms with E-state index in [0.29, 0.717) is 5.92 Å². The maximum atomic E-state index is 11.8. The molecule has 0 aliphatic heterocycles. The molecule has 1 nitrogen and oxygen atoms in total. The van der Waals surface area contributed by atoms with E-state index < -0.39 is 50.9 Å². The molecule has 0 rings (SSSR count). The summed E-state index contributed by atoms with van der Waals surface area (Å²) in [5.74, 6) is 3.93. The number of unbranched alkanes of at least 4 members (excludes halogenated alkanes) is 6. The second-order valence-corrected chi connectivity index (χ2v) is 50.8. The molecule has 0 fully saturated rings. The van der Waals surface area contributed by atoms with Crippen LogP contribution in [0.3, 0.4) is 0 Å². The van der Waals surface area contributed by atoms with Crippen LogP contribution in [0.2, 0.25) is 48.2 Å². The third-order valence-corrected chi connectivity index (χ3v) is 67.1. The minimum atomic E-state index is -2.63. The van der Waals surface area contributed by atoms with E-state index >= 15 is 0 Å². The van der Waals surface area contributed by atoms with Crippen molar-refractivity contribution in [1.82, 2.24) is 0 Å². The van der Waals surface area contributed by atoms with Crippen LogP contribution < -0.4 is 0 Å². The molecule has 0 aromatic heterocycles. The van der Waals surface area contributed by atoms with Crippen molar-refractivity contribution in [3.05, 3.63) is 0 Å². The zero-order valence-corrected chi connectivity index (χ0v) is 34.1. The predicted octanol–water partition coefficient (Wildman–Crippen LogP) is 11.5. The molecule has 0 bridgehead atoms. The molecule has 0 saturated heterocycles. The van der Waals surface area contributed by atoms with Gasteiger partial charge in [0.15, 0.2) is 0 Å². The molecule has 0 radical (unpaired) electrons. The van der Waals surface area contributed by atoms with Gasteiger partial charge in [0.25, 0.3) is 0 Å². The van der Waals surface area contributed by atoms with Crippen LogP contribution in [0, 0.1) is 17.4 Å². The summed E-state index contributed by atoms with van der Waals surface area (Å²) in [6, 6.07) is 0. The Morgan fingerprint density at radius 3 is 1.05 bits per heavy atom. The van der Waals surface area contributed by atoms with Gasteiger partial charge in [0.05, 0.1) is 0 Å². The van der Waals surface area contributed by atoms with Gasteiger partial charge in [-0.25, -0.2) is 0 Å². The molecule has 0 heterocycles. The van der Waals surface area contributed by atoms with Gasteiger partial charge in [0, 0.05) is 0 Å². The van der Waals surface area contributed by atoms with Crippen molar-refractivity contribution in [2.45, 2.75) is 180 Å². The van der Waals surface area contributed by atoms with Crippen molar-refractivity contribution in [1.29, 1.82) is 0 Å². The summed E-state index contributed by atoms with van der Waals surface area (Å²) in [7, 11) is -1.51. The fourth-order valence-electron chi connectivity index (χ4n) is 7.23. The molecule has 37 heavy (non-hydrogen) atoms. The second kappa shape index (κ2) is 21.1. The SMILES string of the molecule is CCC[CH2][Sn]([CH2]CCC)([CH2]CCC)[CH]([C@H](C)[C@H](O)C#C[Si](C)(C)C)[Sn]([CH2]CCC)([CH2]CCC)[CH2]CCC. The molecular weight excluding hydrogens is 678 g/mol. The number of aliphatic hydroxyl groups excluding tert-OH is 1. The summed E-state index contributed by atoms with van der Waals surface area (Å²) < 4.78 is 10.5. The van der Waals surface area contributed by atoms with Gasteiger partial charge in [-0.15, -0.1) is 0 Å². The fraction of sp³-hybridized carbons (Fsp3) is 0.939. The molecule has 2 atom stereocenters. The van der Waals surface area contributed by atoms with E-state index in [1.807, 2.05) is 0 Å². The number of rotatable bonds is 22. The van der Waals surface area contributed by atoms with Crippen LogP contribution >= 0.6 is 0 Å². The van der Waals surface area contributed by atoms with E-state index in [1.54, 1.807) is 26.6 Å². The van der Waals surface area contributed by atoms with Crippen LogP contribution in [0.15, 0.2) is 0 Å². The van der Waals surface area contributed by atoms with Gasteiger partial charge in [-0.2, -0.15) is 0 Å². The first-order chi connectivity index (χ1) is 17.5. The van der Waals surface area contributed by atoms with Crippen LogP contribution in [0.5, 0.6) is 0 Å². The predicted molar refractivity (Wildman–Crippen MR) is 180 cm³/mol. The van der Waals surface area contributed by atoms with Gasteiger partial charge in [-0.1, -0.05) is 0 Å². The fourth-order valence-corrected chi connectivity index (χ4v) is 88.1. The van der Waals surface area contributed by atoms with E-state index in [9.17, 15) is 5.11 Å². The summed E-state index contributed by atoms with van der Waals surface area (Å²) in [5.41, 5.74) is 3.60. The molecule has 0 unspecified atom stereocenters. The molecule has 0 aromatic carbocycles. The summed E-state index contributed by atoms with van der Waals surface area (Å²) in [5, 5.41) is 11.8. The Labute approximate surface area is 245 Å². The standard InChI is InChI=1S/C9H16OSi.6C4H9.2Sn/c1-8(2)9(10)6-7-11(3,4)5;6*1-3-4-2;;/h1,8-10H,2-5H3;6*1,3-4H2,2H3;;/t8-,9-;;;;;;;;/m1......../s1. The molecular formula is C33H70OSiSn2. The van der Waals surface area contributed by atoms with Crippen LogP contribution in [0.4, 0.5) is 0 Å². The van der Waals surface area contributed by atoms with E-state index in [1.165, 1.54) is 77.0 Å². The first-order valence-corrected chi connectivity index (χ1v) is 35.6. The van der Waals surface area contributed by atoms with Crippen molar-refractivity contribution < 1.29 is 5.11 Å². The summed E-state index contributed by atoms with van der Waals surface area (Å²) in [4.78, 5) is 0. The quantitative estimate of drug-likeness (QED) is 0.0864. The summed E-state index contributed by atoms with van der Waals surface area (Å²) in [6.45, 7) is 24.0. The van der Waals surface area contributed by atoms with Crippen LogP contribution in [0.25, 0.3) is 0 Å². The van der Waals surface area contributed by atoms with E-state index in [2.05, 4.69) is 79.6 Å². The van der Waals surface area contributed by atoms with Crippen molar-refractivity contribution in [2.24, 2.45) is 5.92 Å². The average Bonchev–Trinajstić information content (AvgIpc) is 2.87. The molecule has 220 valence electrons. The van der Waals surface area contributed by atoms with Crippen LogP contribution in [0.1, 0.15) is 126 Å². The summed E-state index contributed by atoms with van der Waals surface area (Å²) >= 11 is -5.25. The Morgan fingerprint density at radius 2 is 0.838 bits per heavy atom. The molecule has 0 spiro atoms. The van der Waals surface area contributed by atoms with Gasteiger partial charge < -0.3 is 0 Å². The number of hydrogen-bond acceptors (Lipinski definition) is 1. The molecule has 4 heteroatoms. The molecule has 0 amide bonds. The number of hydrogen-bond donors (Lipinski definition) is 1. The van der Waals surface area contributed by atoms with Gasteiger partial charge in [0.1, 0.15) is 0 Å². The minimum absolute atomic E-state index is 0.404. The van der Waals surface area contributed by atoms with Crippen molar-refractivity contribution in [2.75, 3.05) is 0 Å². The Balaban J connectivity index is 7.21. The zero-order chi connectivity index (χ0) is 28.4. The zero-order valence-electron chi connectivity index (χ0n) is 27.4. The van der Waals surface area contributed by atoms with Crippen LogP contribution in [-0.4, -0.2) is 56.0 Å². The van der Waals surface area contributed by atoms with Crippen molar-refractivity contribution in [3.8, 4) is 11.5 Å². The maximum absolute atomic E-state index is 11.8. The topological polar surface area (TPSA) is 20.2 Å². The summed E-state index contributed by atoms with van der Waals surface area (Å²) in [6.07, 6.45) is 16.3. The van der Waals surface area contributed by atoms with E-state index in [0.717, 1.165) is 1.95 Å². The normalized spacial score (nSPS) is 14.5. The second-order valence-electron chi connectivity index (χ2n) is 13.6. The van der Waals surface area contributed by atoms with E-state index in [4.69, 9.17) is 0 Å². The number of aliphatic hydroxyl groups is 1. The van der Waals surface area contributed by atoms with Crippen molar-refractivity contribution in [3.63, 3.8) is 0 Å². The third-order valence-electron chi connectivity index (χ3n) is 9.11. The molecule has 0 aromatic rings. The van der Waals surface area contributed by atoms with Crippen LogP contribution in [-0.2, 0) is 0 Å². The Kier molecular flexibility index (Phi) is 21.9. The Hall–Kier alpha value is 1.33. The monoisotopic (exact) mass is 750 g/mol. The first kappa shape index (κ1) is 38.3. The van der Waals surface area contributed by atoms with Gasteiger partial charge >= 0.3 is 247 Å². The van der Waals surface area contributed by atoms with E-state index in [-0.39, 0.29) is 0 Å². The Bertz CT molecular complexity index is 542. The third kappa shape index (κ3) is 14.2. The molecule has 0 saturated carbocycles. The van der Waals surface area contributed by atoms with Gasteiger partial charge in [-0.3, -0.25) is 0 Å².